The number of nitro groups is 1. The summed E-state index contributed by atoms with van der Waals surface area (Å²) in [5, 5.41) is 19.2. The minimum Gasteiger partial charge on any atom is -0.486 e. The van der Waals surface area contributed by atoms with Gasteiger partial charge in [0.25, 0.3) is 0 Å². The van der Waals surface area contributed by atoms with Gasteiger partial charge in [0.2, 0.25) is 0 Å². The number of nitro benzene ring substituents is 1. The van der Waals surface area contributed by atoms with Crippen molar-refractivity contribution in [3.05, 3.63) is 40.0 Å². The third kappa shape index (κ3) is 5.93. The number of ether oxygens (including phenoxy) is 1. The van der Waals surface area contributed by atoms with E-state index >= 15 is 0 Å². The fourth-order valence-electron chi connectivity index (χ4n) is 1.35. The van der Waals surface area contributed by atoms with Crippen molar-refractivity contribution in [3.8, 4) is 5.75 Å². The first-order valence-electron chi connectivity index (χ1n) is 5.58. The number of carboxylic acid groups (broad SMARTS) is 1. The number of aliphatic carboxylic acids is 1. The Morgan fingerprint density at radius 1 is 1.43 bits per heavy atom. The van der Waals surface area contributed by atoms with Crippen LogP contribution in [0.2, 0.25) is 0 Å². The van der Waals surface area contributed by atoms with Crippen LogP contribution in [0.5, 0.6) is 5.75 Å². The number of carbonyl (C=O) groups is 1. The maximum Gasteiger partial charge on any atom is 0.392 e. The highest BCUT2D eigenvalue weighted by atomic mass is 19.4. The molecule has 0 aliphatic rings. The van der Waals surface area contributed by atoms with Crippen LogP contribution < -0.4 is 4.74 Å². The molecule has 114 valence electrons. The van der Waals surface area contributed by atoms with Crippen LogP contribution in [0.3, 0.4) is 0 Å². The van der Waals surface area contributed by atoms with Gasteiger partial charge in [0.1, 0.15) is 0 Å². The molecular formula is C12H10F3NO5. The summed E-state index contributed by atoms with van der Waals surface area (Å²) in [7, 11) is 0. The largest absolute Gasteiger partial charge is 0.486 e. The minimum atomic E-state index is -4.43. The summed E-state index contributed by atoms with van der Waals surface area (Å²) in [6, 6.07) is 3.40. The minimum absolute atomic E-state index is 0.255. The highest BCUT2D eigenvalue weighted by molar-refractivity contribution is 5.85. The maximum absolute atomic E-state index is 12.0. The topological polar surface area (TPSA) is 89.7 Å². The van der Waals surface area contributed by atoms with Gasteiger partial charge in [-0.05, 0) is 23.8 Å². The van der Waals surface area contributed by atoms with Crippen molar-refractivity contribution < 1.29 is 32.7 Å². The fraction of sp³-hybridized carbons (Fsp3) is 0.250. The van der Waals surface area contributed by atoms with E-state index in [1.807, 2.05) is 0 Å². The Labute approximate surface area is 116 Å². The second-order valence-electron chi connectivity index (χ2n) is 3.87. The third-order valence-electron chi connectivity index (χ3n) is 2.24. The standard InChI is InChI=1S/C12H10F3NO5/c13-12(14,15)5-6-21-10-7-8(2-4-11(17)18)1-3-9(10)16(19)20/h1-4,7H,5-6H2,(H,17,18). The molecule has 0 heterocycles. The van der Waals surface area contributed by atoms with Gasteiger partial charge in [-0.1, -0.05) is 0 Å². The normalized spacial score (nSPS) is 11.6. The predicted molar refractivity (Wildman–Crippen MR) is 65.9 cm³/mol. The van der Waals surface area contributed by atoms with Crippen LogP contribution in [0.1, 0.15) is 12.0 Å². The van der Waals surface area contributed by atoms with Crippen molar-refractivity contribution in [2.75, 3.05) is 6.61 Å². The van der Waals surface area contributed by atoms with Crippen LogP contribution in [-0.4, -0.2) is 28.8 Å². The van der Waals surface area contributed by atoms with Gasteiger partial charge in [0.05, 0.1) is 18.0 Å². The van der Waals surface area contributed by atoms with E-state index in [9.17, 15) is 28.1 Å². The number of carboxylic acids is 1. The van der Waals surface area contributed by atoms with Gasteiger partial charge in [0.15, 0.2) is 5.75 Å². The molecular weight excluding hydrogens is 295 g/mol. The fourth-order valence-corrected chi connectivity index (χ4v) is 1.35. The van der Waals surface area contributed by atoms with E-state index in [-0.39, 0.29) is 11.3 Å². The lowest BCUT2D eigenvalue weighted by molar-refractivity contribution is -0.385. The molecule has 0 amide bonds. The van der Waals surface area contributed by atoms with Crippen molar-refractivity contribution in [2.24, 2.45) is 0 Å². The number of benzene rings is 1. The van der Waals surface area contributed by atoms with Crippen LogP contribution in [-0.2, 0) is 4.79 Å². The molecule has 1 aromatic rings. The number of hydrogen-bond acceptors (Lipinski definition) is 4. The smallest absolute Gasteiger partial charge is 0.392 e. The number of rotatable bonds is 6. The highest BCUT2D eigenvalue weighted by Crippen LogP contribution is 2.29. The van der Waals surface area contributed by atoms with E-state index in [0.717, 1.165) is 24.3 Å². The second kappa shape index (κ2) is 6.73. The van der Waals surface area contributed by atoms with Crippen LogP contribution in [0, 0.1) is 10.1 Å². The van der Waals surface area contributed by atoms with Crippen LogP contribution in [0.15, 0.2) is 24.3 Å². The predicted octanol–water partition coefficient (Wildman–Crippen LogP) is 3.02. The Bertz CT molecular complexity index is 569. The summed E-state index contributed by atoms with van der Waals surface area (Å²) >= 11 is 0. The summed E-state index contributed by atoms with van der Waals surface area (Å²) in [6.45, 7) is -0.767. The highest BCUT2D eigenvalue weighted by Gasteiger charge is 2.27. The van der Waals surface area contributed by atoms with Crippen molar-refractivity contribution in [1.82, 2.24) is 0 Å². The average Bonchev–Trinajstić information content (AvgIpc) is 2.34. The monoisotopic (exact) mass is 305 g/mol. The third-order valence-corrected chi connectivity index (χ3v) is 2.24. The van der Waals surface area contributed by atoms with Crippen LogP contribution in [0.4, 0.5) is 18.9 Å². The molecule has 1 rings (SSSR count). The molecule has 0 aliphatic carbocycles. The Morgan fingerprint density at radius 3 is 2.62 bits per heavy atom. The number of halogens is 3. The van der Waals surface area contributed by atoms with Gasteiger partial charge in [-0.3, -0.25) is 10.1 Å². The first-order chi connectivity index (χ1) is 9.69. The van der Waals surface area contributed by atoms with Crippen LogP contribution in [0.25, 0.3) is 6.08 Å². The van der Waals surface area contributed by atoms with Gasteiger partial charge >= 0.3 is 17.8 Å². The maximum atomic E-state index is 12.0. The Hall–Kier alpha value is -2.58. The summed E-state index contributed by atoms with van der Waals surface area (Å²) in [5.74, 6) is -1.58. The zero-order chi connectivity index (χ0) is 16.0. The molecule has 0 spiro atoms. The van der Waals surface area contributed by atoms with E-state index < -0.39 is 35.8 Å². The van der Waals surface area contributed by atoms with Crippen molar-refractivity contribution in [1.29, 1.82) is 0 Å². The molecule has 0 radical (unpaired) electrons. The lowest BCUT2D eigenvalue weighted by Crippen LogP contribution is -2.13. The van der Waals surface area contributed by atoms with Gasteiger partial charge in [-0.15, -0.1) is 0 Å². The molecule has 6 nitrogen and oxygen atoms in total. The van der Waals surface area contributed by atoms with Gasteiger partial charge < -0.3 is 9.84 Å². The molecule has 0 aromatic heterocycles. The van der Waals surface area contributed by atoms with Gasteiger partial charge in [0, 0.05) is 12.1 Å². The van der Waals surface area contributed by atoms with Gasteiger partial charge in [-0.25, -0.2) is 4.79 Å². The number of hydrogen-bond donors (Lipinski definition) is 1. The molecule has 0 atom stereocenters. The zero-order valence-corrected chi connectivity index (χ0v) is 10.5. The van der Waals surface area contributed by atoms with Gasteiger partial charge in [-0.2, -0.15) is 13.2 Å². The Morgan fingerprint density at radius 2 is 2.10 bits per heavy atom. The molecule has 1 aromatic carbocycles. The van der Waals surface area contributed by atoms with Crippen molar-refractivity contribution in [3.63, 3.8) is 0 Å². The summed E-state index contributed by atoms with van der Waals surface area (Å²) in [4.78, 5) is 20.3. The van der Waals surface area contributed by atoms with Crippen LogP contribution >= 0.6 is 0 Å². The average molecular weight is 305 g/mol. The molecule has 0 unspecified atom stereocenters. The first kappa shape index (κ1) is 16.5. The first-order valence-corrected chi connectivity index (χ1v) is 5.58. The van der Waals surface area contributed by atoms with E-state index in [4.69, 9.17) is 9.84 Å². The molecule has 0 fully saturated rings. The quantitative estimate of drug-likeness (QED) is 0.495. The van der Waals surface area contributed by atoms with Crippen molar-refractivity contribution >= 4 is 17.7 Å². The molecule has 9 heteroatoms. The van der Waals surface area contributed by atoms with E-state index in [1.54, 1.807) is 0 Å². The molecule has 0 saturated carbocycles. The summed E-state index contributed by atoms with van der Waals surface area (Å²) in [6.07, 6.45) is -3.75. The molecule has 21 heavy (non-hydrogen) atoms. The Kier molecular flexibility index (Phi) is 5.28. The summed E-state index contributed by atoms with van der Waals surface area (Å²) in [5.41, 5.74) is -0.241. The molecule has 1 N–H and O–H groups in total. The van der Waals surface area contributed by atoms with E-state index in [2.05, 4.69) is 0 Å². The molecule has 0 bridgehead atoms. The second-order valence-corrected chi connectivity index (χ2v) is 3.87. The SMILES string of the molecule is O=C(O)C=Cc1ccc([N+](=O)[O-])c(OCCC(F)(F)F)c1. The van der Waals surface area contributed by atoms with E-state index in [1.165, 1.54) is 6.07 Å². The summed E-state index contributed by atoms with van der Waals surface area (Å²) < 4.78 is 40.8. The zero-order valence-electron chi connectivity index (χ0n) is 10.5. The molecule has 0 aliphatic heterocycles. The Balaban J connectivity index is 2.93. The van der Waals surface area contributed by atoms with Crippen molar-refractivity contribution in [2.45, 2.75) is 12.6 Å². The molecule has 0 saturated heterocycles. The van der Waals surface area contributed by atoms with E-state index in [0.29, 0.717) is 0 Å². The number of nitrogens with zero attached hydrogens (tertiary/aromatic N) is 1. The number of alkyl halides is 3. The lowest BCUT2D eigenvalue weighted by atomic mass is 10.1. The lowest BCUT2D eigenvalue weighted by Gasteiger charge is -2.09.